The van der Waals surface area contributed by atoms with E-state index >= 15 is 0 Å². The van der Waals surface area contributed by atoms with Crippen molar-refractivity contribution in [3.05, 3.63) is 17.4 Å². The molecular formula is C8H12ClN3. The lowest BCUT2D eigenvalue weighted by Gasteiger charge is -2.19. The lowest BCUT2D eigenvalue weighted by atomic mass is 10.1. The zero-order valence-corrected chi connectivity index (χ0v) is 8.18. The fraction of sp³-hybridized carbons (Fsp3) is 0.500. The van der Waals surface area contributed by atoms with Gasteiger partial charge in [-0.15, -0.1) is 0 Å². The molecule has 0 amide bonds. The monoisotopic (exact) mass is 185 g/mol. The Bertz CT molecular complexity index is 250. The molecule has 0 radical (unpaired) electrons. The Morgan fingerprint density at radius 3 is 2.17 bits per heavy atom. The van der Waals surface area contributed by atoms with Crippen molar-refractivity contribution in [2.75, 3.05) is 5.32 Å². The molecule has 1 heterocycles. The average molecular weight is 186 g/mol. The molecule has 1 rings (SSSR count). The van der Waals surface area contributed by atoms with Crippen LogP contribution in [0.3, 0.4) is 0 Å². The maximum atomic E-state index is 5.63. The summed E-state index contributed by atoms with van der Waals surface area (Å²) in [4.78, 5) is 8.02. The summed E-state index contributed by atoms with van der Waals surface area (Å²) in [5, 5.41) is 3.68. The van der Waals surface area contributed by atoms with Gasteiger partial charge in [0.15, 0.2) is 0 Å². The Hall–Kier alpha value is -0.830. The van der Waals surface area contributed by atoms with Crippen molar-refractivity contribution in [1.82, 2.24) is 9.97 Å². The Labute approximate surface area is 77.2 Å². The number of anilines is 1. The second kappa shape index (κ2) is 3.27. The normalized spacial score (nSPS) is 11.3. The molecule has 0 saturated carbocycles. The van der Waals surface area contributed by atoms with Gasteiger partial charge in [-0.2, -0.15) is 0 Å². The van der Waals surface area contributed by atoms with Crippen molar-refractivity contribution in [3.8, 4) is 0 Å². The van der Waals surface area contributed by atoms with Gasteiger partial charge in [0.05, 0.1) is 17.4 Å². The van der Waals surface area contributed by atoms with Gasteiger partial charge >= 0.3 is 0 Å². The third-order valence-electron chi connectivity index (χ3n) is 1.11. The van der Waals surface area contributed by atoms with E-state index in [9.17, 15) is 0 Å². The first-order chi connectivity index (χ1) is 5.47. The number of nitrogens with one attached hydrogen (secondary N) is 1. The number of rotatable bonds is 1. The van der Waals surface area contributed by atoms with Crippen molar-refractivity contribution in [2.24, 2.45) is 0 Å². The fourth-order valence-corrected chi connectivity index (χ4v) is 0.810. The van der Waals surface area contributed by atoms with Gasteiger partial charge in [0.2, 0.25) is 5.95 Å². The Morgan fingerprint density at radius 1 is 1.25 bits per heavy atom. The van der Waals surface area contributed by atoms with Crippen LogP contribution in [0.5, 0.6) is 0 Å². The highest BCUT2D eigenvalue weighted by molar-refractivity contribution is 6.30. The first-order valence-corrected chi connectivity index (χ1v) is 4.11. The molecule has 0 bridgehead atoms. The number of hydrogen-bond acceptors (Lipinski definition) is 3. The molecule has 0 saturated heterocycles. The maximum absolute atomic E-state index is 5.63. The number of hydrogen-bond donors (Lipinski definition) is 1. The highest BCUT2D eigenvalue weighted by Gasteiger charge is 2.10. The molecular weight excluding hydrogens is 174 g/mol. The Morgan fingerprint density at radius 2 is 1.75 bits per heavy atom. The van der Waals surface area contributed by atoms with Crippen molar-refractivity contribution in [2.45, 2.75) is 26.3 Å². The maximum Gasteiger partial charge on any atom is 0.223 e. The van der Waals surface area contributed by atoms with Crippen LogP contribution in [-0.2, 0) is 0 Å². The largest absolute Gasteiger partial charge is 0.350 e. The summed E-state index contributed by atoms with van der Waals surface area (Å²) < 4.78 is 0. The van der Waals surface area contributed by atoms with Crippen LogP contribution >= 0.6 is 11.6 Å². The van der Waals surface area contributed by atoms with Crippen molar-refractivity contribution in [1.29, 1.82) is 0 Å². The molecule has 1 aromatic rings. The van der Waals surface area contributed by atoms with Crippen molar-refractivity contribution >= 4 is 17.5 Å². The first-order valence-electron chi connectivity index (χ1n) is 3.73. The van der Waals surface area contributed by atoms with Crippen LogP contribution in [0, 0.1) is 0 Å². The molecule has 1 aromatic heterocycles. The summed E-state index contributed by atoms with van der Waals surface area (Å²) >= 11 is 5.63. The third kappa shape index (κ3) is 3.05. The molecule has 12 heavy (non-hydrogen) atoms. The lowest BCUT2D eigenvalue weighted by Crippen LogP contribution is -2.27. The standard InChI is InChI=1S/C8H12ClN3/c1-8(2,3)12-7-10-4-6(9)5-11-7/h4-5H,1-3H3,(H,10,11,12). The second-order valence-electron chi connectivity index (χ2n) is 3.60. The van der Waals surface area contributed by atoms with Crippen LogP contribution in [0.1, 0.15) is 20.8 Å². The minimum Gasteiger partial charge on any atom is -0.350 e. The van der Waals surface area contributed by atoms with Gasteiger partial charge in [-0.1, -0.05) is 11.6 Å². The quantitative estimate of drug-likeness (QED) is 0.730. The SMILES string of the molecule is CC(C)(C)Nc1ncc(Cl)cn1. The van der Waals surface area contributed by atoms with Crippen LogP contribution < -0.4 is 5.32 Å². The summed E-state index contributed by atoms with van der Waals surface area (Å²) in [5.74, 6) is 0.604. The smallest absolute Gasteiger partial charge is 0.223 e. The lowest BCUT2D eigenvalue weighted by molar-refractivity contribution is 0.626. The van der Waals surface area contributed by atoms with Crippen LogP contribution in [0.15, 0.2) is 12.4 Å². The van der Waals surface area contributed by atoms with Crippen molar-refractivity contribution < 1.29 is 0 Å². The van der Waals surface area contributed by atoms with Gasteiger partial charge in [-0.3, -0.25) is 0 Å². The first kappa shape index (κ1) is 9.26. The molecule has 0 aromatic carbocycles. The summed E-state index contributed by atoms with van der Waals surface area (Å²) in [5.41, 5.74) is -0.0200. The molecule has 0 atom stereocenters. The minimum atomic E-state index is -0.0200. The summed E-state index contributed by atoms with van der Waals surface area (Å²) in [6.07, 6.45) is 3.14. The van der Waals surface area contributed by atoms with Crippen LogP contribution in [0.2, 0.25) is 5.02 Å². The molecule has 4 heteroatoms. The molecule has 0 fully saturated rings. The Balaban J connectivity index is 2.71. The summed E-state index contributed by atoms with van der Waals surface area (Å²) in [6, 6.07) is 0. The average Bonchev–Trinajstić information content (AvgIpc) is 1.91. The predicted octanol–water partition coefficient (Wildman–Crippen LogP) is 2.34. The van der Waals surface area contributed by atoms with Crippen LogP contribution in [0.4, 0.5) is 5.95 Å². The van der Waals surface area contributed by atoms with E-state index in [1.54, 1.807) is 12.4 Å². The highest BCUT2D eigenvalue weighted by Crippen LogP contribution is 2.10. The topological polar surface area (TPSA) is 37.8 Å². The molecule has 66 valence electrons. The molecule has 0 spiro atoms. The number of nitrogens with zero attached hydrogens (tertiary/aromatic N) is 2. The van der Waals surface area contributed by atoms with Gasteiger partial charge in [0, 0.05) is 5.54 Å². The van der Waals surface area contributed by atoms with E-state index in [1.165, 1.54) is 0 Å². The molecule has 1 N–H and O–H groups in total. The van der Waals surface area contributed by atoms with Gasteiger partial charge in [0.25, 0.3) is 0 Å². The molecule has 0 unspecified atom stereocenters. The Kier molecular flexibility index (Phi) is 2.52. The molecule has 0 aliphatic rings. The van der Waals surface area contributed by atoms with E-state index in [1.807, 2.05) is 20.8 Å². The van der Waals surface area contributed by atoms with E-state index < -0.39 is 0 Å². The number of aromatic nitrogens is 2. The van der Waals surface area contributed by atoms with Gasteiger partial charge in [0.1, 0.15) is 0 Å². The van der Waals surface area contributed by atoms with E-state index in [2.05, 4.69) is 15.3 Å². The van der Waals surface area contributed by atoms with E-state index in [0.29, 0.717) is 11.0 Å². The van der Waals surface area contributed by atoms with Crippen LogP contribution in [0.25, 0.3) is 0 Å². The van der Waals surface area contributed by atoms with E-state index in [4.69, 9.17) is 11.6 Å². The van der Waals surface area contributed by atoms with Gasteiger partial charge in [-0.05, 0) is 20.8 Å². The zero-order chi connectivity index (χ0) is 9.19. The van der Waals surface area contributed by atoms with E-state index in [-0.39, 0.29) is 5.54 Å². The number of halogens is 1. The van der Waals surface area contributed by atoms with E-state index in [0.717, 1.165) is 0 Å². The minimum absolute atomic E-state index is 0.0200. The van der Waals surface area contributed by atoms with Gasteiger partial charge in [-0.25, -0.2) is 9.97 Å². The summed E-state index contributed by atoms with van der Waals surface area (Å²) in [6.45, 7) is 6.14. The predicted molar refractivity (Wildman–Crippen MR) is 50.4 cm³/mol. The van der Waals surface area contributed by atoms with Crippen LogP contribution in [-0.4, -0.2) is 15.5 Å². The molecule has 0 aliphatic heterocycles. The zero-order valence-electron chi connectivity index (χ0n) is 7.43. The third-order valence-corrected chi connectivity index (χ3v) is 1.30. The molecule has 3 nitrogen and oxygen atoms in total. The van der Waals surface area contributed by atoms with Crippen molar-refractivity contribution in [3.63, 3.8) is 0 Å². The second-order valence-corrected chi connectivity index (χ2v) is 4.04. The summed E-state index contributed by atoms with van der Waals surface area (Å²) in [7, 11) is 0. The highest BCUT2D eigenvalue weighted by atomic mass is 35.5. The van der Waals surface area contributed by atoms with Gasteiger partial charge < -0.3 is 5.32 Å². The molecule has 0 aliphatic carbocycles. The fourth-order valence-electron chi connectivity index (χ4n) is 0.712.